The van der Waals surface area contributed by atoms with Gasteiger partial charge in [0.2, 0.25) is 0 Å². The van der Waals surface area contributed by atoms with E-state index in [0.717, 1.165) is 43.1 Å². The molecule has 0 aliphatic carbocycles. The molecular weight excluding hydrogens is 552 g/mol. The molecule has 0 bridgehead atoms. The van der Waals surface area contributed by atoms with E-state index in [1.165, 1.54) is 17.0 Å². The van der Waals surface area contributed by atoms with Crippen LogP contribution in [0.15, 0.2) is 33.5 Å². The molecule has 1 aliphatic heterocycles. The third-order valence-electron chi connectivity index (χ3n) is 6.98. The Bertz CT molecular complexity index is 1310. The molecule has 1 unspecified atom stereocenters. The Hall–Kier alpha value is -2.96. The van der Waals surface area contributed by atoms with E-state index in [2.05, 4.69) is 11.8 Å². The summed E-state index contributed by atoms with van der Waals surface area (Å²) in [6.07, 6.45) is 5.64. The molecule has 1 amide bonds. The number of nitrogens with zero attached hydrogens (tertiary/aromatic N) is 2. The highest BCUT2D eigenvalue weighted by molar-refractivity contribution is 7.85. The van der Waals surface area contributed by atoms with Crippen LogP contribution in [-0.4, -0.2) is 79.4 Å². The molecule has 1 aromatic carbocycles. The fourth-order valence-corrected chi connectivity index (χ4v) is 5.36. The second kappa shape index (κ2) is 16.5. The van der Waals surface area contributed by atoms with Gasteiger partial charge in [-0.1, -0.05) is 40.0 Å². The van der Waals surface area contributed by atoms with Gasteiger partial charge in [-0.05, 0) is 50.4 Å². The van der Waals surface area contributed by atoms with E-state index in [0.29, 0.717) is 51.0 Å². The average molecular weight is 597 g/mol. The van der Waals surface area contributed by atoms with Crippen molar-refractivity contribution in [3.63, 3.8) is 0 Å². The summed E-state index contributed by atoms with van der Waals surface area (Å²) < 4.78 is 47.4. The lowest BCUT2D eigenvalue weighted by Gasteiger charge is -2.40. The zero-order chi connectivity index (χ0) is 29.1. The van der Waals surface area contributed by atoms with Crippen LogP contribution in [0.1, 0.15) is 71.3 Å². The molecule has 1 saturated heterocycles. The number of ether oxygens (including phenoxy) is 2. The Labute approximate surface area is 242 Å². The molecule has 230 valence electrons. The van der Waals surface area contributed by atoms with Gasteiger partial charge in [-0.2, -0.15) is 8.42 Å². The Morgan fingerprint density at radius 1 is 1.07 bits per heavy atom. The summed E-state index contributed by atoms with van der Waals surface area (Å²) in [6.45, 7) is 5.76. The summed E-state index contributed by atoms with van der Waals surface area (Å²) in [7, 11) is -4.01. The Morgan fingerprint density at radius 3 is 2.56 bits per heavy atom. The molecule has 2 heterocycles. The van der Waals surface area contributed by atoms with E-state index in [1.54, 1.807) is 19.1 Å². The zero-order valence-electron chi connectivity index (χ0n) is 23.3. The van der Waals surface area contributed by atoms with Gasteiger partial charge in [0.15, 0.2) is 0 Å². The third-order valence-corrected chi connectivity index (χ3v) is 7.78. The van der Waals surface area contributed by atoms with Gasteiger partial charge in [-0.3, -0.25) is 19.1 Å². The molecular formula is C29H44N2O9S. The maximum atomic E-state index is 13.2. The number of esters is 1. The number of carbonyl (C=O) groups excluding carboxylic acids is 2. The zero-order valence-corrected chi connectivity index (χ0v) is 24.1. The van der Waals surface area contributed by atoms with E-state index in [9.17, 15) is 22.8 Å². The minimum Gasteiger partial charge on any atom is -0.463 e. The summed E-state index contributed by atoms with van der Waals surface area (Å²) >= 11 is 0. The normalized spacial score (nSPS) is 15.9. The number of benzene rings is 1. The van der Waals surface area contributed by atoms with Crippen LogP contribution in [0.25, 0.3) is 11.0 Å². The third kappa shape index (κ3) is 11.4. The van der Waals surface area contributed by atoms with Gasteiger partial charge in [-0.15, -0.1) is 0 Å². The lowest BCUT2D eigenvalue weighted by molar-refractivity contribution is -0.146. The summed E-state index contributed by atoms with van der Waals surface area (Å²) in [5, 5.41) is 0.737. The van der Waals surface area contributed by atoms with Crippen LogP contribution in [-0.2, 0) is 19.6 Å². The molecule has 0 saturated carbocycles. The minimum atomic E-state index is -4.01. The monoisotopic (exact) mass is 596 g/mol. The lowest BCUT2D eigenvalue weighted by Crippen LogP contribution is -2.57. The van der Waals surface area contributed by atoms with Gasteiger partial charge in [0.1, 0.15) is 17.9 Å². The van der Waals surface area contributed by atoms with Crippen molar-refractivity contribution in [2.75, 3.05) is 38.5 Å². The number of piperazine rings is 1. The first kappa shape index (κ1) is 34.2. The molecule has 1 aromatic heterocycles. The fourth-order valence-electron chi connectivity index (χ4n) is 4.79. The van der Waals surface area contributed by atoms with Crippen molar-refractivity contribution < 1.29 is 36.5 Å². The average Bonchev–Trinajstić information content (AvgIpc) is 2.89. The van der Waals surface area contributed by atoms with Crippen molar-refractivity contribution in [3.8, 4) is 5.75 Å². The van der Waals surface area contributed by atoms with Crippen LogP contribution in [0.5, 0.6) is 5.75 Å². The van der Waals surface area contributed by atoms with Gasteiger partial charge in [0.25, 0.3) is 10.1 Å². The van der Waals surface area contributed by atoms with E-state index >= 15 is 0 Å². The van der Waals surface area contributed by atoms with Crippen LogP contribution >= 0.6 is 0 Å². The van der Waals surface area contributed by atoms with Crippen LogP contribution in [0.2, 0.25) is 0 Å². The van der Waals surface area contributed by atoms with Crippen molar-refractivity contribution in [1.29, 1.82) is 0 Å². The number of amides is 1. The summed E-state index contributed by atoms with van der Waals surface area (Å²) in [5.74, 6) is -0.388. The largest absolute Gasteiger partial charge is 0.463 e. The van der Waals surface area contributed by atoms with Gasteiger partial charge in [0.05, 0.1) is 11.8 Å². The number of carbonyl (C=O) groups is 2. The van der Waals surface area contributed by atoms with Crippen molar-refractivity contribution in [3.05, 3.63) is 40.2 Å². The van der Waals surface area contributed by atoms with Crippen molar-refractivity contribution in [1.82, 2.24) is 9.80 Å². The topological polar surface area (TPSA) is 144 Å². The molecule has 1 N–H and O–H groups in total. The van der Waals surface area contributed by atoms with Gasteiger partial charge in [0, 0.05) is 43.6 Å². The smallest absolute Gasteiger partial charge is 0.415 e. The van der Waals surface area contributed by atoms with E-state index < -0.39 is 27.9 Å². The molecule has 41 heavy (non-hydrogen) atoms. The summed E-state index contributed by atoms with van der Waals surface area (Å²) in [4.78, 5) is 40.9. The fraction of sp³-hybridized carbons (Fsp3) is 0.621. The molecule has 1 atom stereocenters. The Kier molecular flexibility index (Phi) is 13.8. The van der Waals surface area contributed by atoms with Gasteiger partial charge < -0.3 is 13.9 Å². The standard InChI is InChI=1S/C28H40N2O9S.CH4/c1-3-4-5-6-7-10-26(31)37-20-22-19-29(13-8-9-16-40(34,35)36)14-15-30(22)28(33)38-23-11-12-24-21(2)17-27(32)39-25(24)18-23;/h11-12,17-18,22H,3-10,13-16,19-20H2,1-2H3,(H,34,35,36);1H4. The SMILES string of the molecule is C.CCCCCCCC(=O)OCC1CN(CCCCS(=O)(=O)O)CCN1C(=O)Oc1ccc2c(C)cc(=O)oc2c1. The molecule has 3 rings (SSSR count). The maximum absolute atomic E-state index is 13.2. The summed E-state index contributed by atoms with van der Waals surface area (Å²) in [5.41, 5.74) is 0.576. The van der Waals surface area contributed by atoms with Crippen molar-refractivity contribution in [2.45, 2.75) is 78.7 Å². The van der Waals surface area contributed by atoms with Crippen LogP contribution in [0, 0.1) is 6.92 Å². The highest BCUT2D eigenvalue weighted by Gasteiger charge is 2.32. The molecule has 11 nitrogen and oxygen atoms in total. The highest BCUT2D eigenvalue weighted by Crippen LogP contribution is 2.23. The molecule has 1 fully saturated rings. The number of aryl methyl sites for hydroxylation is 1. The van der Waals surface area contributed by atoms with Gasteiger partial charge >= 0.3 is 17.7 Å². The van der Waals surface area contributed by atoms with Crippen LogP contribution in [0.3, 0.4) is 0 Å². The van der Waals surface area contributed by atoms with E-state index in [1.807, 2.05) is 0 Å². The number of hydrogen-bond acceptors (Lipinski definition) is 9. The number of fused-ring (bicyclic) bond motifs is 1. The highest BCUT2D eigenvalue weighted by atomic mass is 32.2. The second-order valence-corrected chi connectivity index (χ2v) is 11.8. The maximum Gasteiger partial charge on any atom is 0.415 e. The molecule has 1 aliphatic rings. The van der Waals surface area contributed by atoms with Crippen molar-refractivity contribution >= 4 is 33.1 Å². The molecule has 0 spiro atoms. The van der Waals surface area contributed by atoms with Gasteiger partial charge in [-0.25, -0.2) is 9.59 Å². The predicted molar refractivity (Wildman–Crippen MR) is 157 cm³/mol. The first-order valence-electron chi connectivity index (χ1n) is 13.9. The predicted octanol–water partition coefficient (Wildman–Crippen LogP) is 4.79. The first-order chi connectivity index (χ1) is 19.1. The number of rotatable bonds is 14. The van der Waals surface area contributed by atoms with E-state index in [4.69, 9.17) is 18.4 Å². The van der Waals surface area contributed by atoms with E-state index in [-0.39, 0.29) is 31.5 Å². The molecule has 0 radical (unpaired) electrons. The second-order valence-electron chi connectivity index (χ2n) is 10.3. The van der Waals surface area contributed by atoms with Crippen LogP contribution < -0.4 is 10.4 Å². The molecule has 2 aromatic rings. The lowest BCUT2D eigenvalue weighted by atomic mass is 10.1. The summed E-state index contributed by atoms with van der Waals surface area (Å²) in [6, 6.07) is 5.79. The number of hydrogen-bond donors (Lipinski definition) is 1. The minimum absolute atomic E-state index is 0. The number of unbranched alkanes of at least 4 members (excludes halogenated alkanes) is 5. The Balaban J connectivity index is 0.00000588. The first-order valence-corrected chi connectivity index (χ1v) is 15.5. The Morgan fingerprint density at radius 2 is 1.83 bits per heavy atom. The quantitative estimate of drug-likeness (QED) is 0.140. The molecule has 12 heteroatoms. The van der Waals surface area contributed by atoms with Crippen molar-refractivity contribution in [2.24, 2.45) is 0 Å². The van der Waals surface area contributed by atoms with Crippen LogP contribution in [0.4, 0.5) is 4.79 Å².